The monoisotopic (exact) mass is 654 g/mol. The Morgan fingerprint density at radius 1 is 0.943 bits per heavy atom. The zero-order valence-electron chi connectivity index (χ0n) is 18.9. The Morgan fingerprint density at radius 2 is 1.66 bits per heavy atom. The molecule has 3 aliphatic rings. The van der Waals surface area contributed by atoms with E-state index < -0.39 is 20.8 Å². The van der Waals surface area contributed by atoms with Gasteiger partial charge in [-0.15, -0.1) is 35.4 Å². The fraction of sp³-hybridized carbons (Fsp3) is 0.103. The van der Waals surface area contributed by atoms with E-state index in [4.69, 9.17) is 17.0 Å². The van der Waals surface area contributed by atoms with E-state index in [-0.39, 0.29) is 13.5 Å². The number of halogens is 3. The molecular formula is C29H21BrCl2NSZr-3. The third-order valence-corrected chi connectivity index (χ3v) is 6.95. The van der Waals surface area contributed by atoms with Gasteiger partial charge in [0.05, 0.1) is 0 Å². The summed E-state index contributed by atoms with van der Waals surface area (Å²) in [5.41, 5.74) is 12.1. The molecule has 1 unspecified atom stereocenters. The largest absolute Gasteiger partial charge is 0.813 e. The Kier molecular flexibility index (Phi) is 9.06. The van der Waals surface area contributed by atoms with Crippen molar-refractivity contribution in [2.75, 3.05) is 11.9 Å². The van der Waals surface area contributed by atoms with Crippen LogP contribution in [0.4, 0.5) is 5.69 Å². The van der Waals surface area contributed by atoms with Crippen LogP contribution in [0.2, 0.25) is 0 Å². The van der Waals surface area contributed by atoms with Gasteiger partial charge in [0.2, 0.25) is 0 Å². The number of anilines is 1. The topological polar surface area (TPSA) is 3.24 Å². The minimum Gasteiger partial charge on any atom is -0.813 e. The van der Waals surface area contributed by atoms with Crippen LogP contribution in [0, 0.1) is 12.1 Å². The second-order valence-corrected chi connectivity index (χ2v) is 12.9. The van der Waals surface area contributed by atoms with Crippen molar-refractivity contribution in [1.82, 2.24) is 0 Å². The Bertz CT molecular complexity index is 1350. The molecule has 2 aliphatic carbocycles. The molecule has 4 aromatic carbocycles. The number of nitrogens with zero attached hydrogens (tertiary/aromatic N) is 1. The molecule has 1 atom stereocenters. The minimum absolute atomic E-state index is 0. The van der Waals surface area contributed by atoms with Gasteiger partial charge in [-0.05, 0) is 42.4 Å². The summed E-state index contributed by atoms with van der Waals surface area (Å²) in [7, 11) is 12.0. The van der Waals surface area contributed by atoms with Gasteiger partial charge < -0.3 is 18.4 Å². The van der Waals surface area contributed by atoms with E-state index in [9.17, 15) is 0 Å². The van der Waals surface area contributed by atoms with E-state index >= 15 is 0 Å². The number of rotatable bonds is 0. The number of benzene rings is 4. The summed E-state index contributed by atoms with van der Waals surface area (Å²) in [6.07, 6.45) is 3.34. The van der Waals surface area contributed by atoms with Gasteiger partial charge in [0, 0.05) is 10.5 Å². The molecule has 1 heterocycles. The van der Waals surface area contributed by atoms with Crippen molar-refractivity contribution >= 4 is 63.8 Å². The first-order chi connectivity index (χ1) is 16.6. The molecule has 0 radical (unpaired) electrons. The van der Waals surface area contributed by atoms with Gasteiger partial charge in [-0.2, -0.15) is 29.8 Å². The first-order valence-corrected chi connectivity index (χ1v) is 18.0. The molecule has 7 rings (SSSR count). The van der Waals surface area contributed by atoms with Crippen LogP contribution in [-0.4, -0.2) is 7.05 Å². The van der Waals surface area contributed by atoms with Gasteiger partial charge in [0.15, 0.2) is 0 Å². The fourth-order valence-corrected chi connectivity index (χ4v) is 5.43. The second kappa shape index (κ2) is 11.8. The Hall–Kier alpha value is -1.29. The first kappa shape index (κ1) is 26.8. The summed E-state index contributed by atoms with van der Waals surface area (Å²) in [4.78, 5) is 2.34. The van der Waals surface area contributed by atoms with E-state index in [1.165, 1.54) is 50.2 Å². The molecule has 1 aliphatic heterocycles. The van der Waals surface area contributed by atoms with Gasteiger partial charge >= 0.3 is 37.9 Å². The van der Waals surface area contributed by atoms with Gasteiger partial charge in [-0.1, -0.05) is 69.0 Å². The van der Waals surface area contributed by atoms with Crippen molar-refractivity contribution in [3.63, 3.8) is 0 Å². The molecule has 1 nitrogen and oxygen atoms in total. The smallest absolute Gasteiger partial charge is 0.0253 e. The summed E-state index contributed by atoms with van der Waals surface area (Å²) >= 11 is 2.72. The van der Waals surface area contributed by atoms with Crippen molar-refractivity contribution in [2.24, 2.45) is 0 Å². The molecule has 0 saturated carbocycles. The first-order valence-electron chi connectivity index (χ1n) is 10.9. The summed E-state index contributed by atoms with van der Waals surface area (Å²) < 4.78 is 1.14. The summed E-state index contributed by atoms with van der Waals surface area (Å²) in [6.45, 7) is 0. The van der Waals surface area contributed by atoms with Crippen molar-refractivity contribution < 1.29 is 20.8 Å². The molecule has 0 aromatic heterocycles. The zero-order valence-corrected chi connectivity index (χ0v) is 25.3. The van der Waals surface area contributed by atoms with E-state index in [2.05, 4.69) is 113 Å². The van der Waals surface area contributed by atoms with Gasteiger partial charge in [0.1, 0.15) is 0 Å². The Morgan fingerprint density at radius 3 is 2.49 bits per heavy atom. The molecular weight excluding hydrogens is 636 g/mol. The van der Waals surface area contributed by atoms with Crippen LogP contribution >= 0.6 is 33.0 Å². The van der Waals surface area contributed by atoms with Gasteiger partial charge in [-0.25, -0.2) is 0 Å². The molecule has 4 aromatic rings. The zero-order chi connectivity index (χ0) is 23.7. The summed E-state index contributed by atoms with van der Waals surface area (Å²) in [5.74, 6) is 0. The molecule has 0 N–H and O–H groups in total. The van der Waals surface area contributed by atoms with Crippen LogP contribution in [0.25, 0.3) is 22.8 Å². The predicted molar refractivity (Wildman–Crippen MR) is 152 cm³/mol. The van der Waals surface area contributed by atoms with Gasteiger partial charge in [-0.3, -0.25) is 0 Å². The van der Waals surface area contributed by atoms with Crippen molar-refractivity contribution in [1.29, 1.82) is 0 Å². The van der Waals surface area contributed by atoms with Crippen LogP contribution in [0.3, 0.4) is 0 Å². The molecule has 6 heteroatoms. The third-order valence-electron chi connectivity index (χ3n) is 6.46. The standard InChI is InChI=1S/C16H11BrN.C13H9.2ClH.H2S.Zr/c1-18-15-5-3-2-4-13(15)14-9-10-8-11(17)6-7-12(10)16(14)18;1-3-7-12-10(5-1)9-11-6-2-4-8-13(11)12;;;;/h2-3,5-9,16H,1H3;1-5,7-8H,9H2;2*1H;1H2;/q2*-1;;;;+2/p-3. The number of hydrogen-bond donors (Lipinski definition) is 0. The summed E-state index contributed by atoms with van der Waals surface area (Å²) in [5, 5.41) is 0. The average Bonchev–Trinajstić information content (AvgIpc) is 3.50. The Labute approximate surface area is 241 Å². The maximum absolute atomic E-state index is 4.93. The van der Waals surface area contributed by atoms with Crippen LogP contribution < -0.4 is 4.90 Å². The van der Waals surface area contributed by atoms with Crippen LogP contribution in [-0.2, 0) is 40.8 Å². The van der Waals surface area contributed by atoms with Crippen LogP contribution in [0.1, 0.15) is 33.9 Å². The molecule has 176 valence electrons. The number of hydrogen-bond acceptors (Lipinski definition) is 2. The molecule has 0 spiro atoms. The number of fused-ring (bicyclic) bond motifs is 8. The quantitative estimate of drug-likeness (QED) is 0.0935. The maximum atomic E-state index is 4.93. The number of thiol groups is 1. The van der Waals surface area contributed by atoms with Crippen LogP contribution in [0.15, 0.2) is 83.3 Å². The van der Waals surface area contributed by atoms with E-state index in [1.54, 1.807) is 0 Å². The molecule has 0 bridgehead atoms. The van der Waals surface area contributed by atoms with Crippen LogP contribution in [0.5, 0.6) is 0 Å². The SMILES string of the molecule is CN1c2ccc[c-]c2C2=Cc3cc(Br)ccc3C21.[Cl][Zr][Cl].[SH-].[c-]1cccc2c1Cc1ccccc1-2. The third kappa shape index (κ3) is 5.24. The average molecular weight is 658 g/mol. The maximum Gasteiger partial charge on any atom is -0.0253 e. The minimum atomic E-state index is -0.826. The predicted octanol–water partition coefficient (Wildman–Crippen LogP) is 8.46. The van der Waals surface area contributed by atoms with Crippen molar-refractivity contribution in [3.05, 3.63) is 123 Å². The van der Waals surface area contributed by atoms with E-state index in [0.29, 0.717) is 6.04 Å². The second-order valence-electron chi connectivity index (χ2n) is 8.28. The van der Waals surface area contributed by atoms with Crippen molar-refractivity contribution in [2.45, 2.75) is 12.5 Å². The number of likely N-dealkylation sites (N-methyl/N-ethyl adjacent to an activating group) is 1. The van der Waals surface area contributed by atoms with Gasteiger partial charge in [0.25, 0.3) is 0 Å². The summed E-state index contributed by atoms with van der Waals surface area (Å²) in [6, 6.07) is 34.6. The molecule has 35 heavy (non-hydrogen) atoms. The molecule has 0 amide bonds. The Balaban J connectivity index is 0.000000150. The van der Waals surface area contributed by atoms with Crippen molar-refractivity contribution in [3.8, 4) is 11.1 Å². The molecule has 0 saturated heterocycles. The van der Waals surface area contributed by atoms with E-state index in [1.807, 2.05) is 12.1 Å². The normalized spacial score (nSPS) is 14.9. The van der Waals surface area contributed by atoms with E-state index in [0.717, 1.165) is 10.9 Å². The fourth-order valence-electron chi connectivity index (χ4n) is 5.05. The molecule has 0 fully saturated rings.